The number of nitrogens with zero attached hydrogens (tertiary/aromatic N) is 3. The highest BCUT2D eigenvalue weighted by molar-refractivity contribution is 7.87. The molecule has 0 spiro atoms. The van der Waals surface area contributed by atoms with Crippen LogP contribution in [-0.2, 0) is 24.2 Å². The predicted octanol–water partition coefficient (Wildman–Crippen LogP) is 0.0683. The van der Waals surface area contributed by atoms with Crippen LogP contribution in [-0.4, -0.2) is 22.5 Å². The second kappa shape index (κ2) is 5.92. The fraction of sp³-hybridized carbons (Fsp3) is 0.231. The third kappa shape index (κ3) is 3.06. The van der Waals surface area contributed by atoms with Crippen molar-refractivity contribution in [1.82, 2.24) is 9.13 Å². The summed E-state index contributed by atoms with van der Waals surface area (Å²) in [5.74, 6) is -0.186. The molecule has 1 heterocycles. The lowest BCUT2D eigenvalue weighted by Crippen LogP contribution is -2.39. The van der Waals surface area contributed by atoms with Crippen molar-refractivity contribution in [1.29, 1.82) is 0 Å². The van der Waals surface area contributed by atoms with E-state index in [-0.39, 0.29) is 17.0 Å². The Kier molecular flexibility index (Phi) is 4.30. The molecular weight excluding hydrogens is 342 g/mol. The van der Waals surface area contributed by atoms with Crippen molar-refractivity contribution in [2.45, 2.75) is 11.8 Å². The molecule has 0 aliphatic heterocycles. The Labute approximate surface area is 135 Å². The Morgan fingerprint density at radius 3 is 2.38 bits per heavy atom. The van der Waals surface area contributed by atoms with Gasteiger partial charge in [-0.1, -0.05) is 0 Å². The Bertz CT molecular complexity index is 1050. The van der Waals surface area contributed by atoms with Gasteiger partial charge in [-0.3, -0.25) is 19.5 Å². The molecule has 0 amide bonds. The normalized spacial score (nSPS) is 11.3. The maximum absolute atomic E-state index is 12.3. The van der Waals surface area contributed by atoms with Gasteiger partial charge in [0.25, 0.3) is 11.2 Å². The summed E-state index contributed by atoms with van der Waals surface area (Å²) in [6, 6.07) is 3.37. The van der Waals surface area contributed by atoms with Crippen molar-refractivity contribution in [2.75, 3.05) is 0 Å². The molecule has 0 bridgehead atoms. The summed E-state index contributed by atoms with van der Waals surface area (Å²) >= 11 is 0. The van der Waals surface area contributed by atoms with Gasteiger partial charge in [-0.05, 0) is 19.1 Å². The van der Waals surface area contributed by atoms with Crippen LogP contribution in [0.15, 0.2) is 38.9 Å². The number of nitro groups is 1. The molecule has 1 aromatic carbocycles. The van der Waals surface area contributed by atoms with Crippen LogP contribution in [0.1, 0.15) is 5.56 Å². The molecule has 2 rings (SSSR count). The summed E-state index contributed by atoms with van der Waals surface area (Å²) in [4.78, 5) is 33.0. The second-order valence-electron chi connectivity index (χ2n) is 4.99. The maximum Gasteiger partial charge on any atom is 0.346 e. The Balaban J connectivity index is 2.51. The van der Waals surface area contributed by atoms with E-state index in [9.17, 15) is 28.1 Å². The standard InChI is InChI=1S/C13H13N3O7S/c1-8-6-9(4-5-10(8)16(19)20)23-24(21,22)11-7-14(2)13(18)15(3)12(11)17/h4-7H,1-3H3. The van der Waals surface area contributed by atoms with Crippen LogP contribution in [0, 0.1) is 17.0 Å². The highest BCUT2D eigenvalue weighted by Crippen LogP contribution is 2.24. The van der Waals surface area contributed by atoms with Crippen LogP contribution in [0.3, 0.4) is 0 Å². The lowest BCUT2D eigenvalue weighted by molar-refractivity contribution is -0.385. The van der Waals surface area contributed by atoms with Gasteiger partial charge in [0.15, 0.2) is 4.90 Å². The molecule has 0 N–H and O–H groups in total. The van der Waals surface area contributed by atoms with Gasteiger partial charge in [0, 0.05) is 31.9 Å². The molecule has 24 heavy (non-hydrogen) atoms. The Morgan fingerprint density at radius 1 is 1.21 bits per heavy atom. The summed E-state index contributed by atoms with van der Waals surface area (Å²) in [6.07, 6.45) is 0.859. The predicted molar refractivity (Wildman–Crippen MR) is 82.6 cm³/mol. The van der Waals surface area contributed by atoms with Gasteiger partial charge in [0.2, 0.25) is 0 Å². The third-order valence-electron chi connectivity index (χ3n) is 3.26. The van der Waals surface area contributed by atoms with E-state index in [0.29, 0.717) is 4.57 Å². The molecule has 10 nitrogen and oxygen atoms in total. The number of rotatable bonds is 4. The van der Waals surface area contributed by atoms with Gasteiger partial charge in [-0.2, -0.15) is 8.42 Å². The maximum atomic E-state index is 12.3. The minimum atomic E-state index is -4.52. The van der Waals surface area contributed by atoms with E-state index in [1.165, 1.54) is 20.0 Å². The summed E-state index contributed by atoms with van der Waals surface area (Å²) < 4.78 is 31.0. The second-order valence-corrected chi connectivity index (χ2v) is 6.51. The van der Waals surface area contributed by atoms with Crippen molar-refractivity contribution in [3.05, 3.63) is 60.9 Å². The van der Waals surface area contributed by atoms with Crippen molar-refractivity contribution in [3.8, 4) is 5.75 Å². The number of aromatic nitrogens is 2. The SMILES string of the molecule is Cc1cc(OS(=O)(=O)c2cn(C)c(=O)n(C)c2=O)ccc1[N+](=O)[O-]. The molecule has 0 aliphatic rings. The first kappa shape index (κ1) is 17.4. The Morgan fingerprint density at radius 2 is 1.83 bits per heavy atom. The van der Waals surface area contributed by atoms with Gasteiger partial charge in [0.1, 0.15) is 5.75 Å². The van der Waals surface area contributed by atoms with Gasteiger partial charge < -0.3 is 8.75 Å². The third-order valence-corrected chi connectivity index (χ3v) is 4.49. The minimum Gasteiger partial charge on any atom is -0.379 e. The van der Waals surface area contributed by atoms with Crippen LogP contribution in [0.2, 0.25) is 0 Å². The number of nitro benzene ring substituents is 1. The number of aryl methyl sites for hydroxylation is 2. The van der Waals surface area contributed by atoms with Crippen molar-refractivity contribution < 1.29 is 17.5 Å². The highest BCUT2D eigenvalue weighted by Gasteiger charge is 2.24. The molecule has 2 aromatic rings. The van der Waals surface area contributed by atoms with Crippen molar-refractivity contribution >= 4 is 15.8 Å². The molecule has 11 heteroatoms. The van der Waals surface area contributed by atoms with Gasteiger partial charge in [-0.25, -0.2) is 4.79 Å². The van der Waals surface area contributed by atoms with Crippen LogP contribution < -0.4 is 15.4 Å². The zero-order valence-corrected chi connectivity index (χ0v) is 13.7. The minimum absolute atomic E-state index is 0.186. The molecule has 0 unspecified atom stereocenters. The first-order valence-electron chi connectivity index (χ1n) is 6.51. The molecule has 128 valence electrons. The molecule has 0 fully saturated rings. The quantitative estimate of drug-likeness (QED) is 0.431. The molecular formula is C13H13N3O7S. The van der Waals surface area contributed by atoms with Crippen LogP contribution in [0.25, 0.3) is 0 Å². The van der Waals surface area contributed by atoms with Crippen molar-refractivity contribution in [3.63, 3.8) is 0 Å². The zero-order chi connectivity index (χ0) is 18.2. The van der Waals surface area contributed by atoms with Crippen LogP contribution >= 0.6 is 0 Å². The topological polar surface area (TPSA) is 131 Å². The smallest absolute Gasteiger partial charge is 0.346 e. The monoisotopic (exact) mass is 355 g/mol. The molecule has 0 aliphatic carbocycles. The van der Waals surface area contributed by atoms with Crippen LogP contribution in [0.5, 0.6) is 5.75 Å². The van der Waals surface area contributed by atoms with Crippen LogP contribution in [0.4, 0.5) is 5.69 Å². The lowest BCUT2D eigenvalue weighted by Gasteiger charge is -2.09. The molecule has 1 aromatic heterocycles. The number of hydrogen-bond donors (Lipinski definition) is 0. The van der Waals surface area contributed by atoms with E-state index < -0.39 is 31.2 Å². The Hall–Kier alpha value is -2.95. The average Bonchev–Trinajstić information content (AvgIpc) is 2.47. The summed E-state index contributed by atoms with van der Waals surface area (Å²) in [7, 11) is -2.09. The highest BCUT2D eigenvalue weighted by atomic mass is 32.2. The zero-order valence-electron chi connectivity index (χ0n) is 12.9. The van der Waals surface area contributed by atoms with E-state index in [2.05, 4.69) is 0 Å². The fourth-order valence-corrected chi connectivity index (χ4v) is 3.09. The molecule has 0 saturated carbocycles. The average molecular weight is 355 g/mol. The van der Waals surface area contributed by atoms with E-state index in [4.69, 9.17) is 4.18 Å². The number of hydrogen-bond acceptors (Lipinski definition) is 7. The molecule has 0 saturated heterocycles. The summed E-state index contributed by atoms with van der Waals surface area (Å²) in [5, 5.41) is 10.8. The van der Waals surface area contributed by atoms with E-state index in [1.807, 2.05) is 0 Å². The largest absolute Gasteiger partial charge is 0.379 e. The van der Waals surface area contributed by atoms with E-state index in [0.717, 1.165) is 29.9 Å². The number of benzene rings is 1. The molecule has 0 radical (unpaired) electrons. The molecule has 0 atom stereocenters. The van der Waals surface area contributed by atoms with Gasteiger partial charge >= 0.3 is 15.8 Å². The van der Waals surface area contributed by atoms with E-state index in [1.54, 1.807) is 0 Å². The lowest BCUT2D eigenvalue weighted by atomic mass is 10.2. The van der Waals surface area contributed by atoms with Gasteiger partial charge in [-0.15, -0.1) is 0 Å². The summed E-state index contributed by atoms with van der Waals surface area (Å²) in [6.45, 7) is 1.42. The fourth-order valence-electron chi connectivity index (χ4n) is 2.00. The van der Waals surface area contributed by atoms with Gasteiger partial charge in [0.05, 0.1) is 4.92 Å². The first-order chi connectivity index (χ1) is 11.0. The van der Waals surface area contributed by atoms with E-state index >= 15 is 0 Å². The van der Waals surface area contributed by atoms with Crippen molar-refractivity contribution in [2.24, 2.45) is 14.1 Å². The summed E-state index contributed by atoms with van der Waals surface area (Å²) in [5.41, 5.74) is -1.72. The first-order valence-corrected chi connectivity index (χ1v) is 7.91.